The van der Waals surface area contributed by atoms with Crippen LogP contribution >= 0.6 is 20.1 Å². The summed E-state index contributed by atoms with van der Waals surface area (Å²) in [7, 11) is -1.24. The van der Waals surface area contributed by atoms with Crippen molar-refractivity contribution in [3.8, 4) is 0 Å². The Hall–Kier alpha value is -0.870. The molecule has 6 heteroatoms. The number of alkyl halides is 1. The molecule has 16 heavy (non-hydrogen) atoms. The van der Waals surface area contributed by atoms with Crippen LogP contribution in [0, 0.1) is 0 Å². The molecule has 2 rings (SSSR count). The Balaban J connectivity index is 2.55. The second kappa shape index (κ2) is 4.18. The predicted molar refractivity (Wildman–Crippen MR) is 62.8 cm³/mol. The van der Waals surface area contributed by atoms with Gasteiger partial charge < -0.3 is 10.00 Å². The molecule has 0 amide bonds. The highest BCUT2D eigenvalue weighted by Gasteiger charge is 2.28. The second-order valence-electron chi connectivity index (χ2n) is 3.25. The third-order valence-electron chi connectivity index (χ3n) is 2.18. The van der Waals surface area contributed by atoms with E-state index in [0.717, 1.165) is 11.0 Å². The van der Waals surface area contributed by atoms with E-state index in [4.69, 9.17) is 4.89 Å². The number of benzene rings is 1. The van der Waals surface area contributed by atoms with Crippen molar-refractivity contribution in [2.24, 2.45) is 0 Å². The highest BCUT2D eigenvalue weighted by atomic mass is 32.1. The van der Waals surface area contributed by atoms with E-state index in [9.17, 15) is 14.3 Å². The lowest BCUT2D eigenvalue weighted by Crippen LogP contribution is -2.11. The summed E-state index contributed by atoms with van der Waals surface area (Å²) in [5.41, 5.74) is -2.71. The minimum absolute atomic E-state index is 0.00363. The summed E-state index contributed by atoms with van der Waals surface area (Å²) in [6, 6.07) is 6.07. The molecular formula is C10H8FO3PS. The quantitative estimate of drug-likeness (QED) is 0.656. The number of fused-ring (bicyclic) bond motifs is 1. The molecule has 0 aliphatic carbocycles. The number of hydrogen-bond donors (Lipinski definition) is 2. The van der Waals surface area contributed by atoms with Crippen LogP contribution in [0.25, 0.3) is 10.1 Å². The van der Waals surface area contributed by atoms with Gasteiger partial charge in [-0.05, 0) is 23.6 Å². The Bertz CT molecular complexity index is 538. The molecule has 0 fully saturated rings. The van der Waals surface area contributed by atoms with Crippen LogP contribution in [0.1, 0.15) is 15.2 Å². The molecule has 1 aromatic carbocycles. The molecule has 0 spiro atoms. The highest BCUT2D eigenvalue weighted by Crippen LogP contribution is 2.39. The first kappa shape index (κ1) is 11.6. The summed E-state index contributed by atoms with van der Waals surface area (Å²) >= 11 is 1.29. The van der Waals surface area contributed by atoms with Crippen molar-refractivity contribution >= 4 is 36.5 Å². The summed E-state index contributed by atoms with van der Waals surface area (Å²) in [6.45, 7) is 0. The average molecular weight is 258 g/mol. The van der Waals surface area contributed by atoms with Crippen LogP contribution in [0.2, 0.25) is 0 Å². The fourth-order valence-corrected chi connectivity index (χ4v) is 2.54. The van der Waals surface area contributed by atoms with Crippen molar-refractivity contribution in [3.63, 3.8) is 0 Å². The Morgan fingerprint density at radius 1 is 1.44 bits per heavy atom. The molecule has 0 aliphatic heterocycles. The van der Waals surface area contributed by atoms with Crippen LogP contribution in [0.15, 0.2) is 24.3 Å². The molecular weight excluding hydrogens is 250 g/mol. The number of carbonyl (C=O) groups excluding carboxylic acids is 1. The van der Waals surface area contributed by atoms with Gasteiger partial charge in [-0.15, -0.1) is 11.3 Å². The van der Waals surface area contributed by atoms with Crippen molar-refractivity contribution in [3.05, 3.63) is 34.7 Å². The van der Waals surface area contributed by atoms with Gasteiger partial charge in [0.2, 0.25) is 0 Å². The Labute approximate surface area is 96.4 Å². The summed E-state index contributed by atoms with van der Waals surface area (Å²) in [5.74, 6) is 0. The van der Waals surface area contributed by atoms with E-state index in [2.05, 4.69) is 0 Å². The fraction of sp³-hybridized carbons (Fsp3) is 0.100. The lowest BCUT2D eigenvalue weighted by molar-refractivity contribution is -0.0105. The number of carbonyl (C=O) groups is 1. The zero-order valence-electron chi connectivity index (χ0n) is 7.98. The molecule has 0 bridgehead atoms. The van der Waals surface area contributed by atoms with Crippen molar-refractivity contribution in [1.29, 1.82) is 0 Å². The number of thiophene rings is 1. The molecule has 1 heterocycles. The first-order valence-corrected chi connectivity index (χ1v) is 6.15. The maximum Gasteiger partial charge on any atom is 0.272 e. The highest BCUT2D eigenvalue weighted by molar-refractivity contribution is 7.32. The van der Waals surface area contributed by atoms with E-state index in [1.165, 1.54) is 23.5 Å². The van der Waals surface area contributed by atoms with Gasteiger partial charge >= 0.3 is 0 Å². The summed E-state index contributed by atoms with van der Waals surface area (Å²) in [4.78, 5) is 19.8. The van der Waals surface area contributed by atoms with E-state index in [1.807, 2.05) is 0 Å². The van der Waals surface area contributed by atoms with Gasteiger partial charge in [0.15, 0.2) is 6.29 Å². The maximum atomic E-state index is 13.4. The Morgan fingerprint density at radius 2 is 2.19 bits per heavy atom. The standard InChI is InChI=1S/C10H8FO3PS/c11-10(13,15-14)7-1-2-9-6(3-7)4-8(5-12)16-9/h1-5,13-15H. The first-order valence-electron chi connectivity index (χ1n) is 4.38. The van der Waals surface area contributed by atoms with Crippen LogP contribution in [0.3, 0.4) is 0 Å². The number of aldehydes is 1. The maximum absolute atomic E-state index is 13.4. The topological polar surface area (TPSA) is 57.5 Å². The Morgan fingerprint density at radius 3 is 2.81 bits per heavy atom. The van der Waals surface area contributed by atoms with E-state index in [0.29, 0.717) is 10.3 Å². The smallest absolute Gasteiger partial charge is 0.272 e. The molecule has 2 atom stereocenters. The molecule has 0 saturated carbocycles. The molecule has 2 N–H and O–H groups in total. The van der Waals surface area contributed by atoms with E-state index in [1.54, 1.807) is 12.1 Å². The molecule has 2 unspecified atom stereocenters. The van der Waals surface area contributed by atoms with Crippen LogP contribution in [-0.2, 0) is 5.60 Å². The van der Waals surface area contributed by atoms with Crippen molar-refractivity contribution in [1.82, 2.24) is 0 Å². The summed E-state index contributed by atoms with van der Waals surface area (Å²) < 4.78 is 14.3. The minimum atomic E-state index is -2.71. The third kappa shape index (κ3) is 1.99. The van der Waals surface area contributed by atoms with Gasteiger partial charge in [-0.3, -0.25) is 4.79 Å². The van der Waals surface area contributed by atoms with Gasteiger partial charge in [0, 0.05) is 10.3 Å². The van der Waals surface area contributed by atoms with Gasteiger partial charge in [0.25, 0.3) is 5.60 Å². The Kier molecular flexibility index (Phi) is 3.04. The number of halogens is 1. The van der Waals surface area contributed by atoms with Gasteiger partial charge in [-0.2, -0.15) is 4.39 Å². The molecule has 0 aliphatic rings. The summed E-state index contributed by atoms with van der Waals surface area (Å²) in [6.07, 6.45) is 0.722. The fourth-order valence-electron chi connectivity index (χ4n) is 1.39. The largest absolute Gasteiger partial charge is 0.371 e. The predicted octanol–water partition coefficient (Wildman–Crippen LogP) is 2.37. The van der Waals surface area contributed by atoms with E-state index >= 15 is 0 Å². The van der Waals surface area contributed by atoms with Crippen molar-refractivity contribution < 1.29 is 19.2 Å². The van der Waals surface area contributed by atoms with Crippen molar-refractivity contribution in [2.75, 3.05) is 0 Å². The lowest BCUT2D eigenvalue weighted by Gasteiger charge is -2.15. The first-order chi connectivity index (χ1) is 7.56. The monoisotopic (exact) mass is 258 g/mol. The zero-order chi connectivity index (χ0) is 11.8. The molecule has 84 valence electrons. The SMILES string of the molecule is O=Cc1cc2cc(C(O)(F)PO)ccc2s1. The number of rotatable bonds is 3. The van der Waals surface area contributed by atoms with Gasteiger partial charge in [-0.1, -0.05) is 6.07 Å². The number of aliphatic hydroxyl groups is 1. The van der Waals surface area contributed by atoms with Crippen LogP contribution < -0.4 is 0 Å². The summed E-state index contributed by atoms with van der Waals surface area (Å²) in [5, 5.41) is 9.93. The molecule has 0 radical (unpaired) electrons. The lowest BCUT2D eigenvalue weighted by atomic mass is 10.1. The number of hydrogen-bond acceptors (Lipinski definition) is 4. The molecule has 0 saturated heterocycles. The molecule has 1 aromatic heterocycles. The average Bonchev–Trinajstić information content (AvgIpc) is 2.70. The van der Waals surface area contributed by atoms with E-state index in [-0.39, 0.29) is 5.56 Å². The van der Waals surface area contributed by atoms with Gasteiger partial charge in [0.1, 0.15) is 0 Å². The molecule has 2 aromatic rings. The minimum Gasteiger partial charge on any atom is -0.371 e. The van der Waals surface area contributed by atoms with Gasteiger partial charge in [0.05, 0.1) is 13.7 Å². The van der Waals surface area contributed by atoms with Crippen LogP contribution in [0.4, 0.5) is 4.39 Å². The zero-order valence-corrected chi connectivity index (χ0v) is 9.79. The van der Waals surface area contributed by atoms with Crippen molar-refractivity contribution in [2.45, 2.75) is 5.60 Å². The van der Waals surface area contributed by atoms with Crippen LogP contribution in [0.5, 0.6) is 0 Å². The van der Waals surface area contributed by atoms with Crippen LogP contribution in [-0.4, -0.2) is 16.3 Å². The second-order valence-corrected chi connectivity index (χ2v) is 5.25. The molecule has 3 nitrogen and oxygen atoms in total. The normalized spacial score (nSPS) is 15.7. The van der Waals surface area contributed by atoms with Gasteiger partial charge in [-0.25, -0.2) is 0 Å². The van der Waals surface area contributed by atoms with E-state index < -0.39 is 14.4 Å². The third-order valence-corrected chi connectivity index (χ3v) is 3.81.